The topological polar surface area (TPSA) is 0 Å². The molecule has 1 rings (SSSR count). The summed E-state index contributed by atoms with van der Waals surface area (Å²) < 4.78 is 0. The SMILES string of the molecule is C=C\C=C/C(C=C)=C(C=C)/C(=C(/C)CC)c1ccccc1C=C. The van der Waals surface area contributed by atoms with Crippen molar-refractivity contribution < 1.29 is 0 Å². The van der Waals surface area contributed by atoms with Gasteiger partial charge in [-0.1, -0.05) is 99.5 Å². The van der Waals surface area contributed by atoms with Crippen LogP contribution in [0.5, 0.6) is 0 Å². The summed E-state index contributed by atoms with van der Waals surface area (Å²) in [5.74, 6) is 0. The van der Waals surface area contributed by atoms with Gasteiger partial charge in [0.1, 0.15) is 0 Å². The van der Waals surface area contributed by atoms with Crippen LogP contribution in [0.25, 0.3) is 11.6 Å². The molecule has 0 amide bonds. The van der Waals surface area contributed by atoms with Crippen LogP contribution < -0.4 is 0 Å². The number of rotatable bonds is 8. The van der Waals surface area contributed by atoms with Crippen molar-refractivity contribution in [2.75, 3.05) is 0 Å². The molecule has 0 bridgehead atoms. The van der Waals surface area contributed by atoms with Gasteiger partial charge < -0.3 is 0 Å². The normalized spacial score (nSPS) is 13.1. The summed E-state index contributed by atoms with van der Waals surface area (Å²) in [6.07, 6.45) is 12.3. The summed E-state index contributed by atoms with van der Waals surface area (Å²) in [5.41, 5.74) is 6.89. The lowest BCUT2D eigenvalue weighted by atomic mass is 9.86. The van der Waals surface area contributed by atoms with Gasteiger partial charge in [-0.05, 0) is 41.2 Å². The molecular formula is C23H26. The summed E-state index contributed by atoms with van der Waals surface area (Å²) in [4.78, 5) is 0. The monoisotopic (exact) mass is 302 g/mol. The molecule has 0 aliphatic carbocycles. The molecule has 1 aromatic rings. The Bertz CT molecular complexity index is 691. The van der Waals surface area contributed by atoms with Gasteiger partial charge in [0.2, 0.25) is 0 Å². The third-order valence-electron chi connectivity index (χ3n) is 3.82. The van der Waals surface area contributed by atoms with E-state index in [1.54, 1.807) is 6.08 Å². The third-order valence-corrected chi connectivity index (χ3v) is 3.82. The van der Waals surface area contributed by atoms with E-state index in [4.69, 9.17) is 0 Å². The largest absolute Gasteiger partial charge is 0.0991 e. The molecule has 0 unspecified atom stereocenters. The fraction of sp³-hybridized carbons (Fsp3) is 0.130. The Morgan fingerprint density at radius 3 is 2.26 bits per heavy atom. The van der Waals surface area contributed by atoms with Crippen LogP contribution in [0.3, 0.4) is 0 Å². The molecule has 0 spiro atoms. The zero-order valence-corrected chi connectivity index (χ0v) is 14.3. The van der Waals surface area contributed by atoms with Crippen LogP contribution >= 0.6 is 0 Å². The van der Waals surface area contributed by atoms with E-state index in [1.807, 2.05) is 36.4 Å². The van der Waals surface area contributed by atoms with E-state index in [9.17, 15) is 0 Å². The Labute approximate surface area is 141 Å². The van der Waals surface area contributed by atoms with Gasteiger partial charge in [-0.25, -0.2) is 0 Å². The maximum absolute atomic E-state index is 4.03. The highest BCUT2D eigenvalue weighted by atomic mass is 14.2. The molecular weight excluding hydrogens is 276 g/mol. The maximum Gasteiger partial charge on any atom is -0.0106 e. The molecule has 0 heterocycles. The van der Waals surface area contributed by atoms with E-state index < -0.39 is 0 Å². The van der Waals surface area contributed by atoms with Crippen molar-refractivity contribution in [3.8, 4) is 0 Å². The smallest absolute Gasteiger partial charge is 0.0106 e. The van der Waals surface area contributed by atoms with Gasteiger partial charge >= 0.3 is 0 Å². The van der Waals surface area contributed by atoms with Gasteiger partial charge in [0.05, 0.1) is 0 Å². The Balaban J connectivity index is 3.78. The lowest BCUT2D eigenvalue weighted by Crippen LogP contribution is -1.97. The van der Waals surface area contributed by atoms with Gasteiger partial charge in [-0.15, -0.1) is 0 Å². The minimum Gasteiger partial charge on any atom is -0.0991 e. The summed E-state index contributed by atoms with van der Waals surface area (Å²) in [7, 11) is 0. The molecule has 118 valence electrons. The molecule has 23 heavy (non-hydrogen) atoms. The molecule has 0 radical (unpaired) electrons. The molecule has 0 aliphatic rings. The molecule has 0 nitrogen and oxygen atoms in total. The van der Waals surface area contributed by atoms with Crippen LogP contribution in [0, 0.1) is 0 Å². The summed E-state index contributed by atoms with van der Waals surface area (Å²) in [6.45, 7) is 20.0. The summed E-state index contributed by atoms with van der Waals surface area (Å²) >= 11 is 0. The Hall–Kier alpha value is -2.60. The fourth-order valence-corrected chi connectivity index (χ4v) is 2.49. The second kappa shape index (κ2) is 9.42. The third kappa shape index (κ3) is 4.43. The molecule has 0 aliphatic heterocycles. The van der Waals surface area contributed by atoms with Crippen molar-refractivity contribution in [1.29, 1.82) is 0 Å². The Morgan fingerprint density at radius 2 is 1.74 bits per heavy atom. The standard InChI is InChI=1S/C23H26/c1-7-12-15-19(9-3)21(11-5)23(18(6)8-2)22-17-14-13-16-20(22)10-4/h7,9-17H,1,3-5,8H2,2,6H3/b15-12-,21-19+,23-18+. The highest BCUT2D eigenvalue weighted by Gasteiger charge is 2.13. The summed E-state index contributed by atoms with van der Waals surface area (Å²) in [6, 6.07) is 8.30. The first kappa shape index (κ1) is 18.4. The van der Waals surface area contributed by atoms with Crippen LogP contribution in [0.15, 0.2) is 97.7 Å². The molecule has 0 fully saturated rings. The van der Waals surface area contributed by atoms with Gasteiger partial charge in [-0.2, -0.15) is 0 Å². The average Bonchev–Trinajstić information content (AvgIpc) is 2.60. The maximum atomic E-state index is 4.03. The number of allylic oxidation sites excluding steroid dienone is 9. The second-order valence-electron chi connectivity index (χ2n) is 5.17. The van der Waals surface area contributed by atoms with E-state index in [2.05, 4.69) is 58.4 Å². The highest BCUT2D eigenvalue weighted by Crippen LogP contribution is 2.34. The van der Waals surface area contributed by atoms with E-state index in [0.29, 0.717) is 0 Å². The van der Waals surface area contributed by atoms with Crippen LogP contribution in [0.2, 0.25) is 0 Å². The van der Waals surface area contributed by atoms with Crippen molar-refractivity contribution in [2.24, 2.45) is 0 Å². The van der Waals surface area contributed by atoms with Crippen LogP contribution in [0.4, 0.5) is 0 Å². The van der Waals surface area contributed by atoms with E-state index in [-0.39, 0.29) is 0 Å². The second-order valence-corrected chi connectivity index (χ2v) is 5.17. The quantitative estimate of drug-likeness (QED) is 0.457. The minimum atomic E-state index is 0.966. The number of hydrogen-bond acceptors (Lipinski definition) is 0. The first-order chi connectivity index (χ1) is 11.1. The van der Waals surface area contributed by atoms with Gasteiger partial charge in [-0.3, -0.25) is 0 Å². The minimum absolute atomic E-state index is 0.966. The molecule has 0 atom stereocenters. The van der Waals surface area contributed by atoms with Gasteiger partial charge in [0.15, 0.2) is 0 Å². The molecule has 0 aromatic heterocycles. The van der Waals surface area contributed by atoms with Crippen molar-refractivity contribution in [3.63, 3.8) is 0 Å². The van der Waals surface area contributed by atoms with Crippen LogP contribution in [-0.4, -0.2) is 0 Å². The van der Waals surface area contributed by atoms with Crippen LogP contribution in [0.1, 0.15) is 31.4 Å². The van der Waals surface area contributed by atoms with Gasteiger partial charge in [0, 0.05) is 0 Å². The first-order valence-electron chi connectivity index (χ1n) is 7.84. The van der Waals surface area contributed by atoms with E-state index >= 15 is 0 Å². The predicted molar refractivity (Wildman–Crippen MR) is 106 cm³/mol. The molecule has 0 saturated heterocycles. The number of benzene rings is 1. The van der Waals surface area contributed by atoms with Crippen molar-refractivity contribution in [2.45, 2.75) is 20.3 Å². The Kier molecular flexibility index (Phi) is 7.56. The van der Waals surface area contributed by atoms with E-state index in [1.165, 1.54) is 16.7 Å². The van der Waals surface area contributed by atoms with Crippen molar-refractivity contribution in [3.05, 3.63) is 109 Å². The molecule has 0 heteroatoms. The van der Waals surface area contributed by atoms with E-state index in [0.717, 1.165) is 23.1 Å². The first-order valence-corrected chi connectivity index (χ1v) is 7.84. The fourth-order valence-electron chi connectivity index (χ4n) is 2.49. The zero-order chi connectivity index (χ0) is 17.2. The van der Waals surface area contributed by atoms with Crippen molar-refractivity contribution >= 4 is 11.6 Å². The molecule has 1 aromatic carbocycles. The lowest BCUT2D eigenvalue weighted by Gasteiger charge is -2.18. The Morgan fingerprint density at radius 1 is 1.04 bits per heavy atom. The van der Waals surface area contributed by atoms with Gasteiger partial charge in [0.25, 0.3) is 0 Å². The van der Waals surface area contributed by atoms with Crippen molar-refractivity contribution in [1.82, 2.24) is 0 Å². The number of hydrogen-bond donors (Lipinski definition) is 0. The average molecular weight is 302 g/mol. The highest BCUT2D eigenvalue weighted by molar-refractivity contribution is 5.89. The molecule has 0 N–H and O–H groups in total. The predicted octanol–water partition coefficient (Wildman–Crippen LogP) is 6.92. The zero-order valence-electron chi connectivity index (χ0n) is 14.3. The lowest BCUT2D eigenvalue weighted by molar-refractivity contribution is 1.10. The molecule has 0 saturated carbocycles. The van der Waals surface area contributed by atoms with Crippen LogP contribution in [-0.2, 0) is 0 Å². The summed E-state index contributed by atoms with van der Waals surface area (Å²) in [5, 5.41) is 0.